The lowest BCUT2D eigenvalue weighted by atomic mass is 9.93. The van der Waals surface area contributed by atoms with Crippen LogP contribution in [0.5, 0.6) is 0 Å². The van der Waals surface area contributed by atoms with E-state index >= 15 is 0 Å². The zero-order chi connectivity index (χ0) is 27.6. The minimum absolute atomic E-state index is 0.0222. The van der Waals surface area contributed by atoms with E-state index in [1.54, 1.807) is 6.08 Å². The van der Waals surface area contributed by atoms with Crippen molar-refractivity contribution in [2.45, 2.75) is 63.3 Å². The van der Waals surface area contributed by atoms with Crippen molar-refractivity contribution in [2.24, 2.45) is 11.8 Å². The van der Waals surface area contributed by atoms with Gasteiger partial charge in [-0.15, -0.1) is 13.2 Å². The molecule has 210 valence electrons. The summed E-state index contributed by atoms with van der Waals surface area (Å²) in [5.74, 6) is -1.61. The minimum atomic E-state index is -0.628. The Morgan fingerprint density at radius 1 is 1.05 bits per heavy atom. The maximum Gasteiger partial charge on any atom is 0.309 e. The number of esters is 1. The Morgan fingerprint density at radius 2 is 1.79 bits per heavy atom. The normalized spacial score (nSPS) is 15.7. The summed E-state index contributed by atoms with van der Waals surface area (Å²) in [5, 5.41) is 14.6. The van der Waals surface area contributed by atoms with Gasteiger partial charge in [0.2, 0.25) is 11.8 Å². The molecule has 0 heterocycles. The summed E-state index contributed by atoms with van der Waals surface area (Å²) in [6.07, 6.45) is 9.09. The Balaban J connectivity index is 1.97. The number of allylic oxidation sites excluding steroid dienone is 2. The quantitative estimate of drug-likeness (QED) is 0.144. The van der Waals surface area contributed by atoms with Crippen molar-refractivity contribution in [2.75, 3.05) is 33.0 Å². The fourth-order valence-corrected chi connectivity index (χ4v) is 4.78. The van der Waals surface area contributed by atoms with Crippen LogP contribution in [0.2, 0.25) is 0 Å². The third-order valence-electron chi connectivity index (χ3n) is 6.88. The summed E-state index contributed by atoms with van der Waals surface area (Å²) in [7, 11) is 0. The molecule has 0 unspecified atom stereocenters. The van der Waals surface area contributed by atoms with Crippen LogP contribution in [-0.4, -0.2) is 61.4 Å². The van der Waals surface area contributed by atoms with Gasteiger partial charge < -0.3 is 25.2 Å². The highest BCUT2D eigenvalue weighted by Gasteiger charge is 2.39. The van der Waals surface area contributed by atoms with E-state index < -0.39 is 11.5 Å². The monoisotopic (exact) mass is 528 g/mol. The van der Waals surface area contributed by atoms with Gasteiger partial charge in [-0.3, -0.25) is 14.4 Å². The maximum absolute atomic E-state index is 13.3. The molecule has 0 spiro atoms. The first-order chi connectivity index (χ1) is 18.4. The molecule has 0 radical (unpaired) electrons. The van der Waals surface area contributed by atoms with Crippen LogP contribution in [0, 0.1) is 11.8 Å². The minimum Gasteiger partial charge on any atom is -0.463 e. The van der Waals surface area contributed by atoms with Gasteiger partial charge in [0.1, 0.15) is 6.61 Å². The number of amides is 2. The van der Waals surface area contributed by atoms with E-state index in [1.807, 2.05) is 36.4 Å². The first-order valence-corrected chi connectivity index (χ1v) is 13.6. The van der Waals surface area contributed by atoms with E-state index in [9.17, 15) is 14.4 Å². The smallest absolute Gasteiger partial charge is 0.309 e. The molecule has 0 bridgehead atoms. The van der Waals surface area contributed by atoms with Crippen molar-refractivity contribution >= 4 is 17.8 Å². The lowest BCUT2D eigenvalue weighted by molar-refractivity contribution is -0.152. The van der Waals surface area contributed by atoms with Gasteiger partial charge in [0.05, 0.1) is 37.2 Å². The van der Waals surface area contributed by atoms with Crippen LogP contribution in [0.4, 0.5) is 0 Å². The van der Waals surface area contributed by atoms with Crippen molar-refractivity contribution < 1.29 is 29.0 Å². The average molecular weight is 529 g/mol. The summed E-state index contributed by atoms with van der Waals surface area (Å²) in [5.41, 5.74) is 0.448. The highest BCUT2D eigenvalue weighted by Crippen LogP contribution is 2.31. The molecule has 1 aromatic rings. The molecule has 38 heavy (non-hydrogen) atoms. The second kappa shape index (κ2) is 17.5. The number of carbonyl (C=O) groups excluding carboxylic acids is 3. The average Bonchev–Trinajstić information content (AvgIpc) is 3.38. The Morgan fingerprint density at radius 3 is 2.45 bits per heavy atom. The number of nitrogens with one attached hydrogen (secondary N) is 2. The van der Waals surface area contributed by atoms with Crippen LogP contribution < -0.4 is 10.6 Å². The summed E-state index contributed by atoms with van der Waals surface area (Å²) in [4.78, 5) is 38.8. The van der Waals surface area contributed by atoms with E-state index in [0.717, 1.165) is 31.2 Å². The molecule has 1 fully saturated rings. The Hall–Kier alpha value is -2.97. The summed E-state index contributed by atoms with van der Waals surface area (Å²) < 4.78 is 11.0. The first kappa shape index (κ1) is 31.2. The fourth-order valence-electron chi connectivity index (χ4n) is 4.78. The number of rotatable bonds is 19. The van der Waals surface area contributed by atoms with E-state index in [-0.39, 0.29) is 56.5 Å². The second-order valence-electron chi connectivity index (χ2n) is 9.95. The van der Waals surface area contributed by atoms with Crippen molar-refractivity contribution in [1.82, 2.24) is 10.6 Å². The van der Waals surface area contributed by atoms with E-state index in [1.165, 1.54) is 0 Å². The molecule has 0 aromatic heterocycles. The molecule has 8 nitrogen and oxygen atoms in total. The molecule has 0 aliphatic heterocycles. The molecule has 2 rings (SSSR count). The molecule has 1 saturated carbocycles. The lowest BCUT2D eigenvalue weighted by Crippen LogP contribution is -2.52. The number of hydrogen-bond acceptors (Lipinski definition) is 6. The topological polar surface area (TPSA) is 114 Å². The third-order valence-corrected chi connectivity index (χ3v) is 6.88. The van der Waals surface area contributed by atoms with Gasteiger partial charge >= 0.3 is 5.97 Å². The van der Waals surface area contributed by atoms with Crippen LogP contribution in [0.15, 0.2) is 55.6 Å². The van der Waals surface area contributed by atoms with Crippen LogP contribution in [-0.2, 0) is 30.3 Å². The first-order valence-electron chi connectivity index (χ1n) is 13.6. The standard InChI is InChI=1S/C30H44N2O6/c1-3-5-14-26(21-24-12-7-6-8-13-24)29(36)38-23-30(15-9-10-16-30)32-28(35)25(11-4-2)22-27(34)31-17-19-37-20-18-33/h3-4,6-8,12-13,25-26,33H,1-2,5,9-11,14-23H2,(H,31,34)(H,32,35)/t25-,26+/m0/s1. The number of aliphatic hydroxyl groups excluding tert-OH is 1. The van der Waals surface area contributed by atoms with Gasteiger partial charge in [0.15, 0.2) is 0 Å². The van der Waals surface area contributed by atoms with Crippen LogP contribution in [0.25, 0.3) is 0 Å². The molecular weight excluding hydrogens is 484 g/mol. The zero-order valence-electron chi connectivity index (χ0n) is 22.5. The van der Waals surface area contributed by atoms with Gasteiger partial charge in [-0.05, 0) is 44.1 Å². The molecule has 1 aliphatic rings. The predicted molar refractivity (Wildman–Crippen MR) is 147 cm³/mol. The van der Waals surface area contributed by atoms with Gasteiger partial charge in [-0.25, -0.2) is 0 Å². The highest BCUT2D eigenvalue weighted by molar-refractivity contribution is 5.86. The van der Waals surface area contributed by atoms with Crippen molar-refractivity contribution in [3.05, 3.63) is 61.2 Å². The number of ether oxygens (including phenoxy) is 2. The van der Waals surface area contributed by atoms with Crippen molar-refractivity contribution in [3.8, 4) is 0 Å². The summed E-state index contributed by atoms with van der Waals surface area (Å²) in [6, 6.07) is 9.87. The fraction of sp³-hybridized carbons (Fsp3) is 0.567. The summed E-state index contributed by atoms with van der Waals surface area (Å²) >= 11 is 0. The maximum atomic E-state index is 13.3. The Kier molecular flexibility index (Phi) is 14.4. The van der Waals surface area contributed by atoms with Crippen LogP contribution in [0.3, 0.4) is 0 Å². The summed E-state index contributed by atoms with van der Waals surface area (Å²) in [6.45, 7) is 8.37. The van der Waals surface area contributed by atoms with Gasteiger partial charge in [0, 0.05) is 13.0 Å². The number of carbonyl (C=O) groups is 3. The van der Waals surface area contributed by atoms with Gasteiger partial charge in [-0.1, -0.05) is 55.3 Å². The van der Waals surface area contributed by atoms with E-state index in [0.29, 0.717) is 32.2 Å². The molecule has 3 N–H and O–H groups in total. The number of aliphatic hydroxyl groups is 1. The molecule has 1 aliphatic carbocycles. The van der Waals surface area contributed by atoms with Crippen LogP contribution in [0.1, 0.15) is 56.9 Å². The number of benzene rings is 1. The molecule has 2 atom stereocenters. The number of hydrogen-bond donors (Lipinski definition) is 3. The van der Waals surface area contributed by atoms with Crippen LogP contribution >= 0.6 is 0 Å². The SMILES string of the molecule is C=CCC[C@H](Cc1ccccc1)C(=O)OCC1(NC(=O)[C@@H](CC=C)CC(=O)NCCOCCO)CCCC1. The molecular formula is C30H44N2O6. The predicted octanol–water partition coefficient (Wildman–Crippen LogP) is 3.49. The Labute approximate surface area is 226 Å². The second-order valence-corrected chi connectivity index (χ2v) is 9.95. The molecule has 8 heteroatoms. The highest BCUT2D eigenvalue weighted by atomic mass is 16.5. The lowest BCUT2D eigenvalue weighted by Gasteiger charge is -2.32. The van der Waals surface area contributed by atoms with Crippen molar-refractivity contribution in [3.63, 3.8) is 0 Å². The van der Waals surface area contributed by atoms with E-state index in [2.05, 4.69) is 23.8 Å². The zero-order valence-corrected chi connectivity index (χ0v) is 22.5. The van der Waals surface area contributed by atoms with Gasteiger partial charge in [0.25, 0.3) is 0 Å². The molecule has 2 amide bonds. The largest absolute Gasteiger partial charge is 0.463 e. The molecule has 0 saturated heterocycles. The third kappa shape index (κ3) is 11.2. The molecule has 1 aromatic carbocycles. The van der Waals surface area contributed by atoms with E-state index in [4.69, 9.17) is 14.6 Å². The van der Waals surface area contributed by atoms with Gasteiger partial charge in [-0.2, -0.15) is 0 Å². The Bertz CT molecular complexity index is 882. The van der Waals surface area contributed by atoms with Crippen molar-refractivity contribution in [1.29, 1.82) is 0 Å².